The van der Waals surface area contributed by atoms with Crippen LogP contribution in [0, 0.1) is 5.82 Å². The smallest absolute Gasteiger partial charge is 0.255 e. The molecule has 0 saturated carbocycles. The Morgan fingerprint density at radius 3 is 2.23 bits per heavy atom. The van der Waals surface area contributed by atoms with Crippen LogP contribution in [0.25, 0.3) is 0 Å². The monoisotopic (exact) mass is 405 g/mol. The van der Waals surface area contributed by atoms with Crippen LogP contribution >= 0.6 is 0 Å². The van der Waals surface area contributed by atoms with Crippen LogP contribution in [0.1, 0.15) is 26.3 Å². The molecule has 0 bridgehead atoms. The molecule has 3 aromatic rings. The van der Waals surface area contributed by atoms with Crippen molar-refractivity contribution in [2.45, 2.75) is 6.54 Å². The minimum atomic E-state index is -0.488. The average Bonchev–Trinajstić information content (AvgIpc) is 2.77. The van der Waals surface area contributed by atoms with Crippen LogP contribution in [0.15, 0.2) is 78.9 Å². The minimum absolute atomic E-state index is 0.149. The molecule has 0 spiro atoms. The lowest BCUT2D eigenvalue weighted by atomic mass is 10.1. The first-order valence-corrected chi connectivity index (χ1v) is 9.27. The number of carbonyl (C=O) groups is 3. The Labute approximate surface area is 173 Å². The van der Waals surface area contributed by atoms with Gasteiger partial charge in [-0.2, -0.15) is 0 Å². The first-order chi connectivity index (χ1) is 14.5. The van der Waals surface area contributed by atoms with Crippen LogP contribution < -0.4 is 16.0 Å². The lowest BCUT2D eigenvalue weighted by Crippen LogP contribution is -2.36. The fourth-order valence-corrected chi connectivity index (χ4v) is 2.71. The summed E-state index contributed by atoms with van der Waals surface area (Å²) in [6.07, 6.45) is 0. The van der Waals surface area contributed by atoms with Gasteiger partial charge in [0, 0.05) is 23.4 Å². The molecule has 0 aromatic heterocycles. The van der Waals surface area contributed by atoms with Crippen LogP contribution in [-0.4, -0.2) is 24.3 Å². The molecule has 0 radical (unpaired) electrons. The number of hydrogen-bond acceptors (Lipinski definition) is 3. The van der Waals surface area contributed by atoms with Crippen molar-refractivity contribution >= 4 is 23.4 Å². The molecule has 30 heavy (non-hydrogen) atoms. The number of benzene rings is 3. The van der Waals surface area contributed by atoms with Gasteiger partial charge in [0.2, 0.25) is 5.91 Å². The van der Waals surface area contributed by atoms with Crippen LogP contribution in [0.2, 0.25) is 0 Å². The topological polar surface area (TPSA) is 87.3 Å². The molecule has 0 aliphatic heterocycles. The molecule has 7 heteroatoms. The molecule has 0 saturated heterocycles. The van der Waals surface area contributed by atoms with E-state index in [0.29, 0.717) is 11.3 Å². The second-order valence-electron chi connectivity index (χ2n) is 6.49. The summed E-state index contributed by atoms with van der Waals surface area (Å²) in [6, 6.07) is 21.0. The van der Waals surface area contributed by atoms with E-state index in [1.807, 2.05) is 0 Å². The zero-order valence-corrected chi connectivity index (χ0v) is 16.0. The molecule has 3 aromatic carbocycles. The number of nitrogens with one attached hydrogen (secondary N) is 3. The number of anilines is 1. The zero-order chi connectivity index (χ0) is 21.3. The number of halogens is 1. The minimum Gasteiger partial charge on any atom is -0.350 e. The van der Waals surface area contributed by atoms with E-state index in [-0.39, 0.29) is 30.5 Å². The van der Waals surface area contributed by atoms with Crippen molar-refractivity contribution in [2.75, 3.05) is 11.9 Å². The van der Waals surface area contributed by atoms with Gasteiger partial charge in [-0.1, -0.05) is 36.4 Å². The Morgan fingerprint density at radius 1 is 0.733 bits per heavy atom. The lowest BCUT2D eigenvalue weighted by molar-refractivity contribution is -0.120. The Bertz CT molecular complexity index is 1050. The van der Waals surface area contributed by atoms with Crippen molar-refractivity contribution in [1.29, 1.82) is 0 Å². The van der Waals surface area contributed by atoms with Gasteiger partial charge in [-0.3, -0.25) is 14.4 Å². The largest absolute Gasteiger partial charge is 0.350 e. The van der Waals surface area contributed by atoms with Gasteiger partial charge in [-0.25, -0.2) is 4.39 Å². The molecule has 0 heterocycles. The quantitative estimate of drug-likeness (QED) is 0.564. The van der Waals surface area contributed by atoms with E-state index in [1.165, 1.54) is 18.2 Å². The maximum Gasteiger partial charge on any atom is 0.255 e. The predicted molar refractivity (Wildman–Crippen MR) is 111 cm³/mol. The molecule has 3 rings (SSSR count). The first kappa shape index (κ1) is 20.7. The van der Waals surface area contributed by atoms with Gasteiger partial charge in [0.1, 0.15) is 5.82 Å². The van der Waals surface area contributed by atoms with E-state index in [2.05, 4.69) is 16.0 Å². The summed E-state index contributed by atoms with van der Waals surface area (Å²) >= 11 is 0. The van der Waals surface area contributed by atoms with Gasteiger partial charge >= 0.3 is 0 Å². The van der Waals surface area contributed by atoms with Crippen LogP contribution in [0.3, 0.4) is 0 Å². The van der Waals surface area contributed by atoms with Gasteiger partial charge in [0.25, 0.3) is 11.8 Å². The number of amides is 3. The molecule has 0 aliphatic rings. The van der Waals surface area contributed by atoms with Crippen molar-refractivity contribution < 1.29 is 18.8 Å². The van der Waals surface area contributed by atoms with E-state index in [0.717, 1.165) is 11.6 Å². The zero-order valence-electron chi connectivity index (χ0n) is 16.0. The highest BCUT2D eigenvalue weighted by Gasteiger charge is 2.09. The molecule has 0 aliphatic carbocycles. The van der Waals surface area contributed by atoms with E-state index >= 15 is 0 Å². The molecule has 0 atom stereocenters. The summed E-state index contributed by atoms with van der Waals surface area (Å²) in [7, 11) is 0. The third-order valence-corrected chi connectivity index (χ3v) is 4.21. The number of hydrogen-bond donors (Lipinski definition) is 3. The fourth-order valence-electron chi connectivity index (χ4n) is 2.71. The highest BCUT2D eigenvalue weighted by atomic mass is 19.1. The Kier molecular flexibility index (Phi) is 6.89. The second-order valence-corrected chi connectivity index (χ2v) is 6.49. The molecule has 0 fully saturated rings. The standard InChI is InChI=1S/C23H20FN3O3/c24-19-10-5-9-18(13-19)23(30)27-20-11-4-6-16(12-20)14-25-21(28)15-26-22(29)17-7-2-1-3-8-17/h1-13H,14-15H2,(H,25,28)(H,26,29)(H,27,30). The SMILES string of the molecule is O=C(CNC(=O)c1ccccc1)NCc1cccc(NC(=O)c2cccc(F)c2)c1. The Morgan fingerprint density at radius 2 is 1.47 bits per heavy atom. The second kappa shape index (κ2) is 9.97. The maximum atomic E-state index is 13.3. The summed E-state index contributed by atoms with van der Waals surface area (Å²) in [5.41, 5.74) is 1.97. The average molecular weight is 405 g/mol. The Balaban J connectivity index is 1.49. The van der Waals surface area contributed by atoms with Gasteiger partial charge in [0.15, 0.2) is 0 Å². The summed E-state index contributed by atoms with van der Waals surface area (Å²) in [5, 5.41) is 7.96. The van der Waals surface area contributed by atoms with E-state index in [1.54, 1.807) is 54.6 Å². The van der Waals surface area contributed by atoms with Gasteiger partial charge in [-0.15, -0.1) is 0 Å². The molecule has 152 valence electrons. The maximum absolute atomic E-state index is 13.3. The van der Waals surface area contributed by atoms with E-state index < -0.39 is 11.7 Å². The van der Waals surface area contributed by atoms with Gasteiger partial charge in [0.05, 0.1) is 6.54 Å². The number of rotatable bonds is 7. The van der Waals surface area contributed by atoms with Gasteiger partial charge < -0.3 is 16.0 Å². The van der Waals surface area contributed by atoms with Crippen LogP contribution in [-0.2, 0) is 11.3 Å². The lowest BCUT2D eigenvalue weighted by Gasteiger charge is -2.10. The normalized spacial score (nSPS) is 10.2. The van der Waals surface area contributed by atoms with Crippen LogP contribution in [0.5, 0.6) is 0 Å². The van der Waals surface area contributed by atoms with Crippen molar-refractivity contribution in [3.8, 4) is 0 Å². The third-order valence-electron chi connectivity index (χ3n) is 4.21. The van der Waals surface area contributed by atoms with E-state index in [4.69, 9.17) is 0 Å². The summed E-state index contributed by atoms with van der Waals surface area (Å²) in [5.74, 6) is -1.58. The molecule has 6 nitrogen and oxygen atoms in total. The van der Waals surface area contributed by atoms with Crippen molar-refractivity contribution in [3.63, 3.8) is 0 Å². The van der Waals surface area contributed by atoms with Crippen molar-refractivity contribution in [2.24, 2.45) is 0 Å². The van der Waals surface area contributed by atoms with Crippen LogP contribution in [0.4, 0.5) is 10.1 Å². The summed E-state index contributed by atoms with van der Waals surface area (Å²) in [6.45, 7) is 0.0768. The fraction of sp³-hybridized carbons (Fsp3) is 0.0870. The number of carbonyl (C=O) groups excluding carboxylic acids is 3. The highest BCUT2D eigenvalue weighted by molar-refractivity contribution is 6.04. The molecule has 3 amide bonds. The first-order valence-electron chi connectivity index (χ1n) is 9.27. The molecule has 3 N–H and O–H groups in total. The Hall–Kier alpha value is -4.00. The summed E-state index contributed by atoms with van der Waals surface area (Å²) in [4.78, 5) is 36.2. The van der Waals surface area contributed by atoms with E-state index in [9.17, 15) is 18.8 Å². The predicted octanol–water partition coefficient (Wildman–Crippen LogP) is 3.12. The highest BCUT2D eigenvalue weighted by Crippen LogP contribution is 2.13. The molecule has 0 unspecified atom stereocenters. The van der Waals surface area contributed by atoms with Gasteiger partial charge in [-0.05, 0) is 48.0 Å². The molecular formula is C23H20FN3O3. The third kappa shape index (κ3) is 6.00. The molecular weight excluding hydrogens is 385 g/mol. The van der Waals surface area contributed by atoms with Crippen molar-refractivity contribution in [1.82, 2.24) is 10.6 Å². The summed E-state index contributed by atoms with van der Waals surface area (Å²) < 4.78 is 13.3. The van der Waals surface area contributed by atoms with Crippen molar-refractivity contribution in [3.05, 3.63) is 101 Å².